The van der Waals surface area contributed by atoms with Gasteiger partial charge in [0.05, 0.1) is 12.5 Å². The maximum Gasteiger partial charge on any atom is 0.313 e. The first-order valence-electron chi connectivity index (χ1n) is 9.20. The van der Waals surface area contributed by atoms with Gasteiger partial charge in [-0.1, -0.05) is 48.5 Å². The van der Waals surface area contributed by atoms with E-state index in [0.717, 1.165) is 5.56 Å². The van der Waals surface area contributed by atoms with Crippen molar-refractivity contribution in [2.45, 2.75) is 12.5 Å². The molecule has 1 N–H and O–H groups in total. The number of benzene rings is 3. The molecule has 1 heterocycles. The van der Waals surface area contributed by atoms with E-state index < -0.39 is 12.0 Å². The van der Waals surface area contributed by atoms with Gasteiger partial charge in [0.2, 0.25) is 6.79 Å². The molecule has 0 radical (unpaired) electrons. The van der Waals surface area contributed by atoms with Crippen LogP contribution in [0, 0.1) is 0 Å². The highest BCUT2D eigenvalue weighted by atomic mass is 16.7. The van der Waals surface area contributed by atoms with Gasteiger partial charge in [-0.25, -0.2) is 0 Å². The van der Waals surface area contributed by atoms with Crippen LogP contribution in [0.5, 0.6) is 17.2 Å². The predicted octanol–water partition coefficient (Wildman–Crippen LogP) is 3.88. The van der Waals surface area contributed by atoms with Crippen molar-refractivity contribution in [1.82, 2.24) is 5.32 Å². The van der Waals surface area contributed by atoms with Gasteiger partial charge in [0.1, 0.15) is 5.75 Å². The number of fused-ring (bicyclic) bond motifs is 1. The number of amides is 1. The average Bonchev–Trinajstić information content (AvgIpc) is 3.22. The first-order chi connectivity index (χ1) is 14.2. The molecule has 4 rings (SSSR count). The number of nitrogens with one attached hydrogen (secondary N) is 1. The molecule has 0 bridgehead atoms. The molecule has 0 spiro atoms. The van der Waals surface area contributed by atoms with Crippen LogP contribution in [-0.4, -0.2) is 18.7 Å². The molecule has 0 saturated carbocycles. The van der Waals surface area contributed by atoms with E-state index in [2.05, 4.69) is 5.32 Å². The number of hydrogen-bond acceptors (Lipinski definition) is 5. The van der Waals surface area contributed by atoms with Crippen LogP contribution in [0.3, 0.4) is 0 Å². The van der Waals surface area contributed by atoms with Crippen LogP contribution < -0.4 is 19.5 Å². The van der Waals surface area contributed by atoms with Gasteiger partial charge in [0, 0.05) is 11.6 Å². The Morgan fingerprint density at radius 1 is 0.897 bits per heavy atom. The highest BCUT2D eigenvalue weighted by molar-refractivity contribution is 5.94. The van der Waals surface area contributed by atoms with E-state index >= 15 is 0 Å². The van der Waals surface area contributed by atoms with Crippen molar-refractivity contribution in [3.63, 3.8) is 0 Å². The zero-order chi connectivity index (χ0) is 20.1. The van der Waals surface area contributed by atoms with Crippen molar-refractivity contribution in [1.29, 1.82) is 0 Å². The molecule has 0 aromatic heterocycles. The second kappa shape index (κ2) is 8.48. The molecule has 1 amide bonds. The number of carbonyl (C=O) groups is 2. The van der Waals surface area contributed by atoms with Gasteiger partial charge in [-0.05, 0) is 29.8 Å². The number of esters is 1. The Morgan fingerprint density at radius 3 is 2.34 bits per heavy atom. The molecule has 0 aliphatic carbocycles. The monoisotopic (exact) mass is 389 g/mol. The molecule has 0 unspecified atom stereocenters. The minimum Gasteiger partial charge on any atom is -0.454 e. The fraction of sp³-hybridized carbons (Fsp3) is 0.130. The van der Waals surface area contributed by atoms with E-state index in [-0.39, 0.29) is 19.1 Å². The van der Waals surface area contributed by atoms with Crippen LogP contribution in [0.1, 0.15) is 28.4 Å². The van der Waals surface area contributed by atoms with Crippen LogP contribution >= 0.6 is 0 Å². The van der Waals surface area contributed by atoms with E-state index in [1.54, 1.807) is 42.5 Å². The fourth-order valence-electron chi connectivity index (χ4n) is 3.05. The minimum absolute atomic E-state index is 0.0168. The molecule has 0 fully saturated rings. The summed E-state index contributed by atoms with van der Waals surface area (Å²) in [7, 11) is 0. The molecule has 1 aliphatic rings. The van der Waals surface area contributed by atoms with Gasteiger partial charge >= 0.3 is 5.97 Å². The Labute approximate surface area is 168 Å². The summed E-state index contributed by atoms with van der Waals surface area (Å²) in [5.74, 6) is 0.788. The molecule has 6 nitrogen and oxygen atoms in total. The van der Waals surface area contributed by atoms with Gasteiger partial charge in [-0.3, -0.25) is 9.59 Å². The molecule has 6 heteroatoms. The first kappa shape index (κ1) is 18.6. The van der Waals surface area contributed by atoms with Gasteiger partial charge in [0.25, 0.3) is 5.91 Å². The van der Waals surface area contributed by atoms with Gasteiger partial charge in [-0.2, -0.15) is 0 Å². The van der Waals surface area contributed by atoms with Gasteiger partial charge in [-0.15, -0.1) is 0 Å². The second-order valence-corrected chi connectivity index (χ2v) is 6.50. The van der Waals surface area contributed by atoms with Crippen molar-refractivity contribution in [2.75, 3.05) is 6.79 Å². The molecule has 0 saturated heterocycles. The van der Waals surface area contributed by atoms with Crippen LogP contribution in [-0.2, 0) is 4.79 Å². The maximum absolute atomic E-state index is 12.6. The van der Waals surface area contributed by atoms with Gasteiger partial charge < -0.3 is 19.5 Å². The summed E-state index contributed by atoms with van der Waals surface area (Å²) in [5.41, 5.74) is 1.34. The molecule has 1 aliphatic heterocycles. The summed E-state index contributed by atoms with van der Waals surface area (Å²) in [6.45, 7) is 0.147. The summed E-state index contributed by atoms with van der Waals surface area (Å²) >= 11 is 0. The lowest BCUT2D eigenvalue weighted by atomic mass is 10.0. The Balaban J connectivity index is 1.47. The van der Waals surface area contributed by atoms with Crippen molar-refractivity contribution < 1.29 is 23.8 Å². The van der Waals surface area contributed by atoms with Crippen LogP contribution in [0.4, 0.5) is 0 Å². The average molecular weight is 389 g/mol. The third-order valence-corrected chi connectivity index (χ3v) is 4.49. The highest BCUT2D eigenvalue weighted by Gasteiger charge is 2.21. The number of hydrogen-bond donors (Lipinski definition) is 1. The summed E-state index contributed by atoms with van der Waals surface area (Å²) in [4.78, 5) is 25.2. The molecule has 1 atom stereocenters. The third kappa shape index (κ3) is 4.55. The molecule has 146 valence electrons. The fourth-order valence-corrected chi connectivity index (χ4v) is 3.05. The van der Waals surface area contributed by atoms with E-state index in [9.17, 15) is 9.59 Å². The Hall–Kier alpha value is -3.80. The summed E-state index contributed by atoms with van der Waals surface area (Å²) < 4.78 is 16.0. The largest absolute Gasteiger partial charge is 0.454 e. The van der Waals surface area contributed by atoms with E-state index in [1.165, 1.54) is 0 Å². The zero-order valence-corrected chi connectivity index (χ0v) is 15.5. The van der Waals surface area contributed by atoms with Gasteiger partial charge in [0.15, 0.2) is 11.5 Å². The Kier molecular flexibility index (Phi) is 5.42. The number of carbonyl (C=O) groups excluding carboxylic acids is 2. The Morgan fingerprint density at radius 2 is 1.59 bits per heavy atom. The Bertz CT molecular complexity index is 1000. The lowest BCUT2D eigenvalue weighted by Crippen LogP contribution is -2.31. The van der Waals surface area contributed by atoms with E-state index in [0.29, 0.717) is 22.8 Å². The third-order valence-electron chi connectivity index (χ3n) is 4.49. The van der Waals surface area contributed by atoms with E-state index in [1.807, 2.05) is 36.4 Å². The number of ether oxygens (including phenoxy) is 3. The second-order valence-electron chi connectivity index (χ2n) is 6.50. The molecule has 3 aromatic rings. The topological polar surface area (TPSA) is 73.9 Å². The summed E-state index contributed by atoms with van der Waals surface area (Å²) in [6, 6.07) is 22.6. The normalized spacial score (nSPS) is 12.8. The van der Waals surface area contributed by atoms with Crippen LogP contribution in [0.2, 0.25) is 0 Å². The minimum atomic E-state index is -0.523. The smallest absolute Gasteiger partial charge is 0.313 e. The lowest BCUT2D eigenvalue weighted by Gasteiger charge is -2.19. The van der Waals surface area contributed by atoms with E-state index in [4.69, 9.17) is 14.2 Å². The van der Waals surface area contributed by atoms with Crippen molar-refractivity contribution in [2.24, 2.45) is 0 Å². The van der Waals surface area contributed by atoms with Crippen LogP contribution in [0.15, 0.2) is 78.9 Å². The van der Waals surface area contributed by atoms with Crippen molar-refractivity contribution in [3.05, 3.63) is 90.0 Å². The maximum atomic E-state index is 12.6. The van der Waals surface area contributed by atoms with Crippen LogP contribution in [0.25, 0.3) is 0 Å². The summed E-state index contributed by atoms with van der Waals surface area (Å²) in [5, 5.41) is 2.92. The molecule has 3 aromatic carbocycles. The lowest BCUT2D eigenvalue weighted by molar-refractivity contribution is -0.134. The zero-order valence-electron chi connectivity index (χ0n) is 15.5. The quantitative estimate of drug-likeness (QED) is 0.512. The molecule has 29 heavy (non-hydrogen) atoms. The standard InChI is InChI=1S/C23H19NO5/c25-22(29-18-11-12-20-21(13-18)28-15-27-20)14-19(16-7-3-1-4-8-16)24-23(26)17-9-5-2-6-10-17/h1-13,19H,14-15H2,(H,24,26)/t19-/m0/s1. The van der Waals surface area contributed by atoms with Crippen molar-refractivity contribution in [3.8, 4) is 17.2 Å². The SMILES string of the molecule is O=C(C[C@H](NC(=O)c1ccccc1)c1ccccc1)Oc1ccc2c(c1)OCO2. The predicted molar refractivity (Wildman–Crippen MR) is 106 cm³/mol. The number of rotatable bonds is 6. The van der Waals surface area contributed by atoms with Crippen molar-refractivity contribution >= 4 is 11.9 Å². The summed E-state index contributed by atoms with van der Waals surface area (Å²) in [6.07, 6.45) is -0.0168. The molecular formula is C23H19NO5. The highest BCUT2D eigenvalue weighted by Crippen LogP contribution is 2.35. The molecular weight excluding hydrogens is 370 g/mol. The first-order valence-corrected chi connectivity index (χ1v) is 9.20.